The summed E-state index contributed by atoms with van der Waals surface area (Å²) >= 11 is 5.64. The summed E-state index contributed by atoms with van der Waals surface area (Å²) in [6, 6.07) is 4.91. The third-order valence-corrected chi connectivity index (χ3v) is 5.02. The van der Waals surface area contributed by atoms with Crippen LogP contribution < -0.4 is 10.0 Å². The average molecular weight is 358 g/mol. The number of carbonyl (C=O) groups excluding carboxylic acids is 1. The molecule has 0 fully saturated rings. The van der Waals surface area contributed by atoms with Crippen molar-refractivity contribution in [2.45, 2.75) is 17.9 Å². The Hall–Kier alpha value is -2.06. The van der Waals surface area contributed by atoms with Crippen LogP contribution in [-0.2, 0) is 16.6 Å². The summed E-state index contributed by atoms with van der Waals surface area (Å²) in [6.07, 6.45) is 2.07. The Bertz CT molecular complexity index is 879. The van der Waals surface area contributed by atoms with E-state index in [1.807, 2.05) is 0 Å². The number of carbonyl (C=O) groups is 1. The van der Waals surface area contributed by atoms with Crippen molar-refractivity contribution in [1.82, 2.24) is 9.88 Å². The van der Waals surface area contributed by atoms with Gasteiger partial charge in [0.1, 0.15) is 16.4 Å². The number of halogens is 2. The molecule has 0 radical (unpaired) electrons. The Morgan fingerprint density at radius 3 is 2.83 bits per heavy atom. The normalized spacial score (nSPS) is 14.8. The van der Waals surface area contributed by atoms with Gasteiger partial charge in [0.15, 0.2) is 0 Å². The van der Waals surface area contributed by atoms with Gasteiger partial charge in [-0.1, -0.05) is 11.6 Å². The molecule has 0 saturated carbocycles. The van der Waals surface area contributed by atoms with Crippen LogP contribution in [0.4, 0.5) is 10.1 Å². The lowest BCUT2D eigenvalue weighted by Gasteiger charge is -2.07. The molecule has 23 heavy (non-hydrogen) atoms. The molecule has 2 aromatic rings. The molecule has 1 aromatic heterocycles. The molecule has 2 heterocycles. The number of hydrogen-bond donors (Lipinski definition) is 2. The number of amides is 1. The Morgan fingerprint density at radius 1 is 1.30 bits per heavy atom. The van der Waals surface area contributed by atoms with Crippen molar-refractivity contribution in [3.63, 3.8) is 0 Å². The maximum Gasteiger partial charge on any atom is 0.267 e. The van der Waals surface area contributed by atoms with E-state index in [9.17, 15) is 17.6 Å². The Balaban J connectivity index is 1.94. The standard InChI is InChI=1S/C14H13ClFN3O3S/c15-9-2-3-12(11(16)6-9)18-23(21,22)10-7-13-14(20)17-4-1-5-19(13)8-10/h2-3,6-8,18H,1,4-5H2,(H,17,20). The van der Waals surface area contributed by atoms with Crippen LogP contribution in [0.25, 0.3) is 0 Å². The number of aromatic nitrogens is 1. The number of sulfonamides is 1. The quantitative estimate of drug-likeness (QED) is 0.883. The second-order valence-electron chi connectivity index (χ2n) is 5.09. The van der Waals surface area contributed by atoms with Crippen molar-refractivity contribution in [2.24, 2.45) is 0 Å². The molecule has 9 heteroatoms. The fourth-order valence-corrected chi connectivity index (χ4v) is 3.59. The van der Waals surface area contributed by atoms with Gasteiger partial charge in [0, 0.05) is 24.3 Å². The molecule has 122 valence electrons. The lowest BCUT2D eigenvalue weighted by molar-refractivity contribution is 0.0951. The van der Waals surface area contributed by atoms with Crippen LogP contribution in [0.2, 0.25) is 5.02 Å². The molecule has 1 aromatic carbocycles. The zero-order chi connectivity index (χ0) is 16.6. The molecule has 6 nitrogen and oxygen atoms in total. The summed E-state index contributed by atoms with van der Waals surface area (Å²) in [5.74, 6) is -1.11. The number of nitrogens with zero attached hydrogens (tertiary/aromatic N) is 1. The van der Waals surface area contributed by atoms with Crippen molar-refractivity contribution in [1.29, 1.82) is 0 Å². The van der Waals surface area contributed by atoms with Gasteiger partial charge in [-0.05, 0) is 30.7 Å². The third kappa shape index (κ3) is 3.18. The molecule has 0 bridgehead atoms. The molecule has 1 aliphatic heterocycles. The zero-order valence-electron chi connectivity index (χ0n) is 11.8. The molecule has 1 amide bonds. The summed E-state index contributed by atoms with van der Waals surface area (Å²) in [6.45, 7) is 1.07. The number of benzene rings is 1. The number of rotatable bonds is 3. The molecule has 3 rings (SSSR count). The SMILES string of the molecule is O=C1NCCCn2cc(S(=O)(=O)Nc3ccc(Cl)cc3F)cc21. The number of hydrogen-bond acceptors (Lipinski definition) is 3. The van der Waals surface area contributed by atoms with E-state index in [0.29, 0.717) is 19.5 Å². The van der Waals surface area contributed by atoms with Gasteiger partial charge in [-0.25, -0.2) is 12.8 Å². The summed E-state index contributed by atoms with van der Waals surface area (Å²) in [7, 11) is -4.01. The third-order valence-electron chi connectivity index (χ3n) is 3.45. The summed E-state index contributed by atoms with van der Waals surface area (Å²) in [5, 5.41) is 2.85. The van der Waals surface area contributed by atoms with Crippen LogP contribution in [-0.4, -0.2) is 25.4 Å². The van der Waals surface area contributed by atoms with Gasteiger partial charge in [-0.2, -0.15) is 0 Å². The maximum atomic E-state index is 13.8. The lowest BCUT2D eigenvalue weighted by atomic mass is 10.3. The van der Waals surface area contributed by atoms with Crippen molar-refractivity contribution in [3.8, 4) is 0 Å². The predicted octanol–water partition coefficient (Wildman–Crippen LogP) is 2.21. The average Bonchev–Trinajstić information content (AvgIpc) is 2.84. The highest BCUT2D eigenvalue weighted by molar-refractivity contribution is 7.92. The van der Waals surface area contributed by atoms with E-state index < -0.39 is 15.8 Å². The number of nitrogens with one attached hydrogen (secondary N) is 2. The van der Waals surface area contributed by atoms with Crippen LogP contribution in [0.15, 0.2) is 35.4 Å². The first kappa shape index (κ1) is 15.8. The van der Waals surface area contributed by atoms with E-state index in [2.05, 4.69) is 10.0 Å². The van der Waals surface area contributed by atoms with Crippen LogP contribution in [0, 0.1) is 5.82 Å². The van der Waals surface area contributed by atoms with Crippen molar-refractivity contribution in [2.75, 3.05) is 11.3 Å². The fraction of sp³-hybridized carbons (Fsp3) is 0.214. The van der Waals surface area contributed by atoms with Gasteiger partial charge in [0.2, 0.25) is 0 Å². The Kier molecular flexibility index (Phi) is 4.03. The van der Waals surface area contributed by atoms with Crippen molar-refractivity contribution >= 4 is 33.2 Å². The number of anilines is 1. The van der Waals surface area contributed by atoms with E-state index in [1.165, 1.54) is 24.4 Å². The van der Waals surface area contributed by atoms with E-state index >= 15 is 0 Å². The molecule has 1 aliphatic rings. The summed E-state index contributed by atoms with van der Waals surface area (Å²) in [4.78, 5) is 11.8. The minimum absolute atomic E-state index is 0.0982. The van der Waals surface area contributed by atoms with E-state index in [4.69, 9.17) is 11.6 Å². The molecular formula is C14H13ClFN3O3S. The van der Waals surface area contributed by atoms with Crippen molar-refractivity contribution < 1.29 is 17.6 Å². The highest BCUT2D eigenvalue weighted by atomic mass is 35.5. The Labute approximate surface area is 137 Å². The van der Waals surface area contributed by atoms with Gasteiger partial charge in [0.25, 0.3) is 15.9 Å². The second-order valence-corrected chi connectivity index (χ2v) is 7.21. The highest BCUT2D eigenvalue weighted by Gasteiger charge is 2.23. The second kappa shape index (κ2) is 5.86. The van der Waals surface area contributed by atoms with E-state index in [-0.39, 0.29) is 27.2 Å². The number of fused-ring (bicyclic) bond motifs is 1. The van der Waals surface area contributed by atoms with Crippen molar-refractivity contribution in [3.05, 3.63) is 47.0 Å². The van der Waals surface area contributed by atoms with Gasteiger partial charge in [-0.15, -0.1) is 0 Å². The first-order valence-electron chi connectivity index (χ1n) is 6.83. The van der Waals surface area contributed by atoms with Crippen LogP contribution in [0.1, 0.15) is 16.9 Å². The lowest BCUT2D eigenvalue weighted by Crippen LogP contribution is -2.22. The summed E-state index contributed by atoms with van der Waals surface area (Å²) < 4.78 is 42.3. The van der Waals surface area contributed by atoms with Crippen LogP contribution >= 0.6 is 11.6 Å². The van der Waals surface area contributed by atoms with Gasteiger partial charge in [-0.3, -0.25) is 9.52 Å². The van der Waals surface area contributed by atoms with Crippen LogP contribution in [0.5, 0.6) is 0 Å². The fourth-order valence-electron chi connectivity index (χ4n) is 2.32. The molecule has 0 saturated heterocycles. The summed E-state index contributed by atoms with van der Waals surface area (Å²) in [5.41, 5.74) is 0.0553. The van der Waals surface area contributed by atoms with E-state index in [0.717, 1.165) is 6.07 Å². The maximum absolute atomic E-state index is 13.8. The zero-order valence-corrected chi connectivity index (χ0v) is 13.4. The first-order chi connectivity index (χ1) is 10.9. The molecule has 0 aliphatic carbocycles. The molecule has 0 spiro atoms. The minimum atomic E-state index is -4.01. The predicted molar refractivity (Wildman–Crippen MR) is 83.6 cm³/mol. The van der Waals surface area contributed by atoms with Gasteiger partial charge >= 0.3 is 0 Å². The van der Waals surface area contributed by atoms with Gasteiger partial charge in [0.05, 0.1) is 5.69 Å². The van der Waals surface area contributed by atoms with Gasteiger partial charge < -0.3 is 9.88 Å². The number of aryl methyl sites for hydroxylation is 1. The molecular weight excluding hydrogens is 345 g/mol. The Morgan fingerprint density at radius 2 is 2.09 bits per heavy atom. The molecule has 0 atom stereocenters. The smallest absolute Gasteiger partial charge is 0.267 e. The van der Waals surface area contributed by atoms with E-state index in [1.54, 1.807) is 4.57 Å². The van der Waals surface area contributed by atoms with Crippen LogP contribution in [0.3, 0.4) is 0 Å². The topological polar surface area (TPSA) is 80.2 Å². The first-order valence-corrected chi connectivity index (χ1v) is 8.69. The minimum Gasteiger partial charge on any atom is -0.351 e. The monoisotopic (exact) mass is 357 g/mol. The highest BCUT2D eigenvalue weighted by Crippen LogP contribution is 2.23. The molecule has 2 N–H and O–H groups in total. The largest absolute Gasteiger partial charge is 0.351 e. The molecule has 0 unspecified atom stereocenters.